The van der Waals surface area contributed by atoms with Crippen molar-refractivity contribution in [1.29, 1.82) is 0 Å². The minimum Gasteiger partial charge on any atom is -0.497 e. The molecule has 4 heteroatoms. The predicted molar refractivity (Wildman–Crippen MR) is 97.7 cm³/mol. The highest BCUT2D eigenvalue weighted by molar-refractivity contribution is 5.49. The Hall–Kier alpha value is -2.04. The van der Waals surface area contributed by atoms with E-state index in [2.05, 4.69) is 21.9 Å². The minimum atomic E-state index is -0.370. The number of methoxy groups -OCH3 is 1. The average molecular weight is 326 g/mol. The molecule has 1 saturated heterocycles. The van der Waals surface area contributed by atoms with Crippen LogP contribution >= 0.6 is 0 Å². The number of aliphatic hydroxyl groups excluding tert-OH is 1. The molecule has 1 aliphatic heterocycles. The number of piperazine rings is 1. The largest absolute Gasteiger partial charge is 0.497 e. The zero-order valence-electron chi connectivity index (χ0n) is 14.3. The summed E-state index contributed by atoms with van der Waals surface area (Å²) in [5, 5.41) is 10.3. The van der Waals surface area contributed by atoms with Gasteiger partial charge in [-0.15, -0.1) is 0 Å². The van der Waals surface area contributed by atoms with E-state index in [1.165, 1.54) is 5.69 Å². The van der Waals surface area contributed by atoms with Gasteiger partial charge in [0, 0.05) is 38.4 Å². The summed E-state index contributed by atoms with van der Waals surface area (Å²) in [6.07, 6.45) is 0.415. The normalized spacial score (nSPS) is 16.8. The SMILES string of the molecule is COc1ccc(N2CCN(CC[C@H](O)c3ccccc3)CC2)cc1. The fourth-order valence-corrected chi connectivity index (χ4v) is 3.17. The zero-order valence-corrected chi connectivity index (χ0v) is 14.3. The van der Waals surface area contributed by atoms with Crippen LogP contribution in [0.4, 0.5) is 5.69 Å². The Labute approximate surface area is 144 Å². The molecule has 2 aromatic rings. The van der Waals surface area contributed by atoms with Gasteiger partial charge in [0.25, 0.3) is 0 Å². The second kappa shape index (κ2) is 8.18. The molecule has 0 radical (unpaired) electrons. The maximum atomic E-state index is 10.3. The summed E-state index contributed by atoms with van der Waals surface area (Å²) in [4.78, 5) is 4.84. The third-order valence-electron chi connectivity index (χ3n) is 4.71. The molecule has 1 heterocycles. The molecule has 1 aliphatic rings. The fourth-order valence-electron chi connectivity index (χ4n) is 3.17. The summed E-state index contributed by atoms with van der Waals surface area (Å²) < 4.78 is 5.21. The third-order valence-corrected chi connectivity index (χ3v) is 4.71. The van der Waals surface area contributed by atoms with Crippen molar-refractivity contribution in [3.63, 3.8) is 0 Å². The highest BCUT2D eigenvalue weighted by atomic mass is 16.5. The van der Waals surface area contributed by atoms with Crippen molar-refractivity contribution in [1.82, 2.24) is 4.90 Å². The maximum absolute atomic E-state index is 10.3. The average Bonchev–Trinajstić information content (AvgIpc) is 2.67. The lowest BCUT2D eigenvalue weighted by molar-refractivity contribution is 0.139. The lowest BCUT2D eigenvalue weighted by Gasteiger charge is -2.36. The van der Waals surface area contributed by atoms with E-state index in [0.29, 0.717) is 0 Å². The van der Waals surface area contributed by atoms with Gasteiger partial charge in [0.05, 0.1) is 13.2 Å². The van der Waals surface area contributed by atoms with Gasteiger partial charge in [0.2, 0.25) is 0 Å². The van der Waals surface area contributed by atoms with E-state index < -0.39 is 0 Å². The van der Waals surface area contributed by atoms with Crippen LogP contribution in [0.2, 0.25) is 0 Å². The molecule has 3 rings (SSSR count). The van der Waals surface area contributed by atoms with Crippen molar-refractivity contribution in [3.8, 4) is 5.75 Å². The molecular formula is C20H26N2O2. The van der Waals surface area contributed by atoms with E-state index in [1.807, 2.05) is 42.5 Å². The van der Waals surface area contributed by atoms with Crippen LogP contribution in [0.1, 0.15) is 18.1 Å². The molecule has 0 saturated carbocycles. The van der Waals surface area contributed by atoms with Crippen LogP contribution in [-0.4, -0.2) is 49.8 Å². The van der Waals surface area contributed by atoms with Crippen molar-refractivity contribution < 1.29 is 9.84 Å². The Morgan fingerprint density at radius 1 is 0.958 bits per heavy atom. The number of benzene rings is 2. The first-order chi connectivity index (χ1) is 11.8. The highest BCUT2D eigenvalue weighted by Gasteiger charge is 2.18. The van der Waals surface area contributed by atoms with Crippen LogP contribution in [0.5, 0.6) is 5.75 Å². The van der Waals surface area contributed by atoms with Crippen LogP contribution in [0.15, 0.2) is 54.6 Å². The Morgan fingerprint density at radius 2 is 1.62 bits per heavy atom. The summed E-state index contributed by atoms with van der Waals surface area (Å²) >= 11 is 0. The van der Waals surface area contributed by atoms with Crippen molar-refractivity contribution >= 4 is 5.69 Å². The van der Waals surface area contributed by atoms with Crippen LogP contribution in [0, 0.1) is 0 Å². The van der Waals surface area contributed by atoms with Crippen molar-refractivity contribution in [2.24, 2.45) is 0 Å². The number of nitrogens with zero attached hydrogens (tertiary/aromatic N) is 2. The molecule has 128 valence electrons. The van der Waals surface area contributed by atoms with Gasteiger partial charge in [0.15, 0.2) is 0 Å². The van der Waals surface area contributed by atoms with Gasteiger partial charge < -0.3 is 14.7 Å². The molecule has 1 fully saturated rings. The Balaban J connectivity index is 1.45. The van der Waals surface area contributed by atoms with Crippen molar-refractivity contribution in [2.45, 2.75) is 12.5 Å². The molecule has 1 N–H and O–H groups in total. The lowest BCUT2D eigenvalue weighted by Crippen LogP contribution is -2.46. The molecule has 0 spiro atoms. The highest BCUT2D eigenvalue weighted by Crippen LogP contribution is 2.21. The monoisotopic (exact) mass is 326 g/mol. The molecule has 4 nitrogen and oxygen atoms in total. The summed E-state index contributed by atoms with van der Waals surface area (Å²) in [6, 6.07) is 18.2. The number of hydrogen-bond acceptors (Lipinski definition) is 4. The van der Waals surface area contributed by atoms with Crippen LogP contribution < -0.4 is 9.64 Å². The lowest BCUT2D eigenvalue weighted by atomic mass is 10.1. The van der Waals surface area contributed by atoms with Crippen LogP contribution in [0.3, 0.4) is 0 Å². The number of hydrogen-bond donors (Lipinski definition) is 1. The number of aliphatic hydroxyl groups is 1. The Morgan fingerprint density at radius 3 is 2.25 bits per heavy atom. The van der Waals surface area contributed by atoms with E-state index >= 15 is 0 Å². The molecular weight excluding hydrogens is 300 g/mol. The van der Waals surface area contributed by atoms with E-state index in [9.17, 15) is 5.11 Å². The predicted octanol–water partition coefficient (Wildman–Crippen LogP) is 2.94. The van der Waals surface area contributed by atoms with Gasteiger partial charge >= 0.3 is 0 Å². The number of rotatable bonds is 6. The van der Waals surface area contributed by atoms with E-state index in [4.69, 9.17) is 4.74 Å². The summed E-state index contributed by atoms with van der Waals surface area (Å²) in [5.41, 5.74) is 2.26. The van der Waals surface area contributed by atoms with Gasteiger partial charge in [-0.1, -0.05) is 30.3 Å². The molecule has 24 heavy (non-hydrogen) atoms. The quantitative estimate of drug-likeness (QED) is 0.885. The standard InChI is InChI=1S/C20H26N2O2/c1-24-19-9-7-18(8-10-19)22-15-13-21(14-16-22)12-11-20(23)17-5-3-2-4-6-17/h2-10,20,23H,11-16H2,1H3/t20-/m0/s1. The molecule has 2 aromatic carbocycles. The first kappa shape index (κ1) is 16.8. The summed E-state index contributed by atoms with van der Waals surface area (Å²) in [6.45, 7) is 5.05. The van der Waals surface area contributed by atoms with Crippen molar-refractivity contribution in [3.05, 3.63) is 60.2 Å². The van der Waals surface area contributed by atoms with Gasteiger partial charge in [-0.05, 0) is 36.2 Å². The Bertz CT molecular complexity index is 607. The summed E-state index contributed by atoms with van der Waals surface area (Å²) in [7, 11) is 1.69. The molecule has 0 unspecified atom stereocenters. The summed E-state index contributed by atoms with van der Waals surface area (Å²) in [5.74, 6) is 0.896. The molecule has 0 bridgehead atoms. The van der Waals surface area contributed by atoms with Crippen LogP contribution in [0.25, 0.3) is 0 Å². The number of ether oxygens (including phenoxy) is 1. The second-order valence-electron chi connectivity index (χ2n) is 6.24. The van der Waals surface area contributed by atoms with Gasteiger partial charge in [-0.25, -0.2) is 0 Å². The maximum Gasteiger partial charge on any atom is 0.119 e. The first-order valence-corrected chi connectivity index (χ1v) is 8.60. The van der Waals surface area contributed by atoms with E-state index in [1.54, 1.807) is 7.11 Å². The minimum absolute atomic E-state index is 0.370. The fraction of sp³-hybridized carbons (Fsp3) is 0.400. The van der Waals surface area contributed by atoms with Gasteiger partial charge in [-0.2, -0.15) is 0 Å². The zero-order chi connectivity index (χ0) is 16.8. The molecule has 1 atom stereocenters. The third kappa shape index (κ3) is 4.28. The second-order valence-corrected chi connectivity index (χ2v) is 6.24. The Kier molecular flexibility index (Phi) is 5.72. The molecule has 0 aromatic heterocycles. The topological polar surface area (TPSA) is 35.9 Å². The van der Waals surface area contributed by atoms with Crippen LogP contribution in [-0.2, 0) is 0 Å². The number of anilines is 1. The molecule has 0 aliphatic carbocycles. The smallest absolute Gasteiger partial charge is 0.119 e. The van der Waals surface area contributed by atoms with E-state index in [-0.39, 0.29) is 6.10 Å². The van der Waals surface area contributed by atoms with Crippen molar-refractivity contribution in [2.75, 3.05) is 44.7 Å². The van der Waals surface area contributed by atoms with E-state index in [0.717, 1.165) is 50.5 Å². The van der Waals surface area contributed by atoms with Gasteiger partial charge in [0.1, 0.15) is 5.75 Å². The first-order valence-electron chi connectivity index (χ1n) is 8.60. The molecule has 0 amide bonds. The van der Waals surface area contributed by atoms with Gasteiger partial charge in [-0.3, -0.25) is 4.90 Å².